The first-order chi connectivity index (χ1) is 12.4. The summed E-state index contributed by atoms with van der Waals surface area (Å²) in [5, 5.41) is 0. The first-order valence-corrected chi connectivity index (χ1v) is 8.30. The highest BCUT2D eigenvalue weighted by molar-refractivity contribution is 6.31. The molecule has 0 aromatic heterocycles. The van der Waals surface area contributed by atoms with E-state index < -0.39 is 34.7 Å². The number of methoxy groups -OCH3 is 2. The number of epoxide rings is 1. The predicted molar refractivity (Wildman–Crippen MR) is 88.3 cm³/mol. The summed E-state index contributed by atoms with van der Waals surface area (Å²) in [6.45, 7) is 3.52. The van der Waals surface area contributed by atoms with Gasteiger partial charge >= 0.3 is 0 Å². The van der Waals surface area contributed by atoms with E-state index in [9.17, 15) is 14.4 Å². The summed E-state index contributed by atoms with van der Waals surface area (Å²) in [6, 6.07) is 4.77. The molecule has 0 N–H and O–H groups in total. The second kappa shape index (κ2) is 5.25. The van der Waals surface area contributed by atoms with Gasteiger partial charge < -0.3 is 18.9 Å². The number of rotatable bonds is 4. The molecule has 0 radical (unpaired) electrons. The van der Waals surface area contributed by atoms with Crippen LogP contribution in [0, 0.1) is 0 Å². The first-order valence-electron chi connectivity index (χ1n) is 8.30. The van der Waals surface area contributed by atoms with Gasteiger partial charge in [-0.1, -0.05) is 12.1 Å². The van der Waals surface area contributed by atoms with Gasteiger partial charge in [0.25, 0.3) is 0 Å². The maximum Gasteiger partial charge on any atom is 0.229 e. The molecular weight excluding hydrogens is 340 g/mol. The summed E-state index contributed by atoms with van der Waals surface area (Å²) in [6.07, 6.45) is -1.22. The average molecular weight is 358 g/mol. The van der Waals surface area contributed by atoms with Gasteiger partial charge in [-0.25, -0.2) is 0 Å². The second-order valence-electron chi connectivity index (χ2n) is 6.43. The lowest BCUT2D eigenvalue weighted by Gasteiger charge is -2.34. The van der Waals surface area contributed by atoms with Gasteiger partial charge in [0.2, 0.25) is 22.8 Å². The van der Waals surface area contributed by atoms with Crippen LogP contribution < -0.4 is 4.74 Å². The lowest BCUT2D eigenvalue weighted by Crippen LogP contribution is -2.59. The van der Waals surface area contributed by atoms with E-state index in [0.717, 1.165) is 0 Å². The standard InChI is InChI=1S/C19H18O7/c1-5-25-16-9(2)13(20)17(24-4)19-15(22)12-10(7-6-8-11(12)23-3)14(21)18(16,19)26-19/h6-8,17H,5H2,1-4H3/t17-,18+,19-/m1/s1. The number of benzene rings is 1. The number of carbonyl (C=O) groups is 3. The van der Waals surface area contributed by atoms with Gasteiger partial charge in [0, 0.05) is 18.2 Å². The quantitative estimate of drug-likeness (QED) is 0.753. The predicted octanol–water partition coefficient (Wildman–Crippen LogP) is 1.49. The zero-order valence-electron chi connectivity index (χ0n) is 14.9. The van der Waals surface area contributed by atoms with Crippen LogP contribution in [0.15, 0.2) is 29.5 Å². The number of ketones is 3. The Kier molecular flexibility index (Phi) is 3.42. The molecule has 3 aliphatic rings. The van der Waals surface area contributed by atoms with E-state index in [0.29, 0.717) is 0 Å². The molecule has 7 heteroatoms. The van der Waals surface area contributed by atoms with Crippen LogP contribution in [0.25, 0.3) is 0 Å². The van der Waals surface area contributed by atoms with Crippen molar-refractivity contribution < 1.29 is 33.3 Å². The molecule has 0 unspecified atom stereocenters. The largest absolute Gasteiger partial charge is 0.496 e. The van der Waals surface area contributed by atoms with Crippen molar-refractivity contribution >= 4 is 17.3 Å². The summed E-state index contributed by atoms with van der Waals surface area (Å²) >= 11 is 0. The molecule has 3 atom stereocenters. The van der Waals surface area contributed by atoms with E-state index in [1.807, 2.05) is 0 Å². The molecule has 0 saturated carbocycles. The Morgan fingerprint density at radius 3 is 2.50 bits per heavy atom. The smallest absolute Gasteiger partial charge is 0.229 e. The molecule has 7 nitrogen and oxygen atoms in total. The molecule has 1 fully saturated rings. The number of ether oxygens (including phenoxy) is 4. The number of hydrogen-bond donors (Lipinski definition) is 0. The van der Waals surface area contributed by atoms with E-state index in [1.165, 1.54) is 14.2 Å². The normalized spacial score (nSPS) is 32.0. The molecule has 0 spiro atoms. The van der Waals surface area contributed by atoms with E-state index in [4.69, 9.17) is 18.9 Å². The topological polar surface area (TPSA) is 91.4 Å². The van der Waals surface area contributed by atoms with Crippen LogP contribution in [0.3, 0.4) is 0 Å². The van der Waals surface area contributed by atoms with Crippen LogP contribution in [0.1, 0.15) is 34.6 Å². The molecule has 2 aliphatic carbocycles. The van der Waals surface area contributed by atoms with Crippen molar-refractivity contribution in [1.29, 1.82) is 0 Å². The second-order valence-corrected chi connectivity index (χ2v) is 6.43. The van der Waals surface area contributed by atoms with Crippen molar-refractivity contribution in [1.82, 2.24) is 0 Å². The molecule has 0 amide bonds. The fourth-order valence-corrected chi connectivity index (χ4v) is 4.20. The minimum absolute atomic E-state index is 0.102. The van der Waals surface area contributed by atoms with Crippen LogP contribution in [0.2, 0.25) is 0 Å². The van der Waals surface area contributed by atoms with Gasteiger partial charge in [0.1, 0.15) is 11.5 Å². The van der Waals surface area contributed by atoms with Crippen LogP contribution in [0.5, 0.6) is 5.75 Å². The maximum absolute atomic E-state index is 13.4. The first kappa shape index (κ1) is 16.9. The van der Waals surface area contributed by atoms with Gasteiger partial charge in [-0.3, -0.25) is 14.4 Å². The molecule has 1 saturated heterocycles. The van der Waals surface area contributed by atoms with Crippen molar-refractivity contribution in [3.63, 3.8) is 0 Å². The number of hydrogen-bond acceptors (Lipinski definition) is 7. The minimum Gasteiger partial charge on any atom is -0.496 e. The third-order valence-electron chi connectivity index (χ3n) is 5.33. The highest BCUT2D eigenvalue weighted by Gasteiger charge is 2.89. The summed E-state index contributed by atoms with van der Waals surface area (Å²) in [4.78, 5) is 39.7. The SMILES string of the molecule is CCOC1=C(C)C(=O)[C@@H](OC)[C@@]23O[C@@]12C(=O)c1cccc(OC)c1C3=O. The fraction of sp³-hybridized carbons (Fsp3) is 0.421. The minimum atomic E-state index is -1.75. The van der Waals surface area contributed by atoms with Crippen molar-refractivity contribution in [2.75, 3.05) is 20.8 Å². The Labute approximate surface area is 149 Å². The zero-order valence-corrected chi connectivity index (χ0v) is 14.9. The highest BCUT2D eigenvalue weighted by Crippen LogP contribution is 2.65. The third kappa shape index (κ3) is 1.58. The fourth-order valence-electron chi connectivity index (χ4n) is 4.20. The molecule has 1 aromatic rings. The average Bonchev–Trinajstić information content (AvgIpc) is 3.36. The Hall–Kier alpha value is -2.51. The van der Waals surface area contributed by atoms with Gasteiger partial charge in [-0.05, 0) is 19.9 Å². The number of fused-ring (bicyclic) bond motifs is 1. The number of Topliss-reactive ketones (excluding diaryl/α,β-unsaturated/α-hetero) is 3. The molecule has 4 rings (SSSR count). The monoisotopic (exact) mass is 358 g/mol. The van der Waals surface area contributed by atoms with E-state index in [2.05, 4.69) is 0 Å². The summed E-state index contributed by atoms with van der Waals surface area (Å²) < 4.78 is 22.1. The van der Waals surface area contributed by atoms with Crippen LogP contribution in [-0.4, -0.2) is 55.5 Å². The molecular formula is C19H18O7. The summed E-state index contributed by atoms with van der Waals surface area (Å²) in [5.74, 6) is -1.00. The molecule has 1 aliphatic heterocycles. The van der Waals surface area contributed by atoms with Crippen molar-refractivity contribution in [3.8, 4) is 5.75 Å². The molecule has 1 aromatic carbocycles. The maximum atomic E-state index is 13.4. The van der Waals surface area contributed by atoms with E-state index >= 15 is 0 Å². The summed E-state index contributed by atoms with van der Waals surface area (Å²) in [5.41, 5.74) is -2.87. The van der Waals surface area contributed by atoms with Crippen LogP contribution in [0.4, 0.5) is 0 Å². The number of carbonyl (C=O) groups excluding carboxylic acids is 3. The van der Waals surface area contributed by atoms with Crippen LogP contribution in [-0.2, 0) is 19.0 Å². The zero-order chi connectivity index (χ0) is 18.9. The molecule has 136 valence electrons. The van der Waals surface area contributed by atoms with Gasteiger partial charge in [-0.2, -0.15) is 0 Å². The summed E-state index contributed by atoms with van der Waals surface area (Å²) in [7, 11) is 2.73. The van der Waals surface area contributed by atoms with Gasteiger partial charge in [0.05, 0.1) is 19.3 Å². The van der Waals surface area contributed by atoms with Crippen molar-refractivity contribution in [3.05, 3.63) is 40.7 Å². The van der Waals surface area contributed by atoms with Gasteiger partial charge in [-0.15, -0.1) is 0 Å². The lowest BCUT2D eigenvalue weighted by atomic mass is 9.66. The third-order valence-corrected chi connectivity index (χ3v) is 5.33. The molecule has 26 heavy (non-hydrogen) atoms. The molecule has 0 bridgehead atoms. The van der Waals surface area contributed by atoms with Gasteiger partial charge in [0.15, 0.2) is 11.9 Å². The Morgan fingerprint density at radius 1 is 1.15 bits per heavy atom. The Bertz CT molecular complexity index is 899. The van der Waals surface area contributed by atoms with E-state index in [1.54, 1.807) is 32.0 Å². The van der Waals surface area contributed by atoms with E-state index in [-0.39, 0.29) is 34.8 Å². The highest BCUT2D eigenvalue weighted by atomic mass is 16.7. The van der Waals surface area contributed by atoms with Crippen molar-refractivity contribution in [2.45, 2.75) is 31.2 Å². The Morgan fingerprint density at radius 2 is 1.88 bits per heavy atom. The van der Waals surface area contributed by atoms with Crippen LogP contribution >= 0.6 is 0 Å². The lowest BCUT2D eigenvalue weighted by molar-refractivity contribution is -0.128. The Balaban J connectivity index is 2.05. The molecule has 1 heterocycles. The van der Waals surface area contributed by atoms with Crippen molar-refractivity contribution in [2.24, 2.45) is 0 Å².